The highest BCUT2D eigenvalue weighted by Gasteiger charge is 2.36. The lowest BCUT2D eigenvalue weighted by Crippen LogP contribution is -2.46. The Labute approximate surface area is 175 Å². The molecule has 1 aliphatic heterocycles. The maximum Gasteiger partial charge on any atom is 0.320 e. The van der Waals surface area contributed by atoms with Crippen molar-refractivity contribution in [1.29, 1.82) is 0 Å². The molecule has 1 heterocycles. The lowest BCUT2D eigenvalue weighted by Gasteiger charge is -2.40. The molecule has 0 radical (unpaired) electrons. The van der Waals surface area contributed by atoms with Crippen LogP contribution in [0, 0.1) is 0 Å². The minimum atomic E-state index is -0.809. The van der Waals surface area contributed by atoms with Crippen LogP contribution < -0.4 is 14.2 Å². The number of aliphatic carboxylic acids is 1. The Morgan fingerprint density at radius 1 is 1.03 bits per heavy atom. The summed E-state index contributed by atoms with van der Waals surface area (Å²) < 4.78 is 16.5. The molecule has 3 rings (SSSR count). The first-order valence-electron chi connectivity index (χ1n) is 9.54. The third kappa shape index (κ3) is 4.43. The lowest BCUT2D eigenvalue weighted by atomic mass is 9.91. The predicted octanol–water partition coefficient (Wildman–Crippen LogP) is 4.39. The highest BCUT2D eigenvalue weighted by molar-refractivity contribution is 6.30. The summed E-state index contributed by atoms with van der Waals surface area (Å²) >= 11 is 6.10. The number of hydrogen-bond donors (Lipinski definition) is 1. The van der Waals surface area contributed by atoms with E-state index in [0.717, 1.165) is 24.0 Å². The molecule has 1 fully saturated rings. The average Bonchev–Trinajstić information content (AvgIpc) is 2.74. The van der Waals surface area contributed by atoms with Crippen molar-refractivity contribution in [3.05, 3.63) is 52.5 Å². The Bertz CT molecular complexity index is 830. The summed E-state index contributed by atoms with van der Waals surface area (Å²) in [5, 5.41) is 10.5. The molecule has 0 saturated carbocycles. The van der Waals surface area contributed by atoms with Gasteiger partial charge in [-0.2, -0.15) is 0 Å². The van der Waals surface area contributed by atoms with Crippen molar-refractivity contribution in [2.75, 3.05) is 27.9 Å². The normalized spacial score (nSPS) is 18.1. The first-order chi connectivity index (χ1) is 14.0. The average molecular weight is 420 g/mol. The molecule has 0 spiro atoms. The summed E-state index contributed by atoms with van der Waals surface area (Å²) in [4.78, 5) is 14.0. The van der Waals surface area contributed by atoms with Gasteiger partial charge in [-0.25, -0.2) is 0 Å². The van der Waals surface area contributed by atoms with E-state index in [-0.39, 0.29) is 6.04 Å². The van der Waals surface area contributed by atoms with E-state index in [1.54, 1.807) is 21.3 Å². The number of benzene rings is 2. The molecule has 2 aromatic carbocycles. The van der Waals surface area contributed by atoms with E-state index < -0.39 is 12.0 Å². The van der Waals surface area contributed by atoms with Gasteiger partial charge in [0.1, 0.15) is 6.04 Å². The van der Waals surface area contributed by atoms with Crippen molar-refractivity contribution in [3.63, 3.8) is 0 Å². The maximum atomic E-state index is 12.0. The molecule has 2 aromatic rings. The molecule has 0 bridgehead atoms. The molecule has 29 heavy (non-hydrogen) atoms. The van der Waals surface area contributed by atoms with E-state index >= 15 is 0 Å². The molecule has 1 N–H and O–H groups in total. The molecule has 0 amide bonds. The standard InChI is InChI=1S/C22H26ClNO5/c1-27-18-12-15(13-19(28-2)21(18)29-3)20(14-7-9-16(23)10-8-14)24-11-5-4-6-17(24)22(25)26/h7-10,12-13,17,20H,4-6,11H2,1-3H3,(H,25,26). The minimum absolute atomic E-state index is 0.289. The van der Waals surface area contributed by atoms with Gasteiger partial charge in [0, 0.05) is 5.02 Å². The second-order valence-corrected chi connectivity index (χ2v) is 7.44. The topological polar surface area (TPSA) is 68.2 Å². The molecule has 0 aromatic heterocycles. The van der Waals surface area contributed by atoms with Crippen LogP contribution in [0.3, 0.4) is 0 Å². The fraction of sp³-hybridized carbons (Fsp3) is 0.409. The van der Waals surface area contributed by atoms with Gasteiger partial charge in [0.15, 0.2) is 11.5 Å². The van der Waals surface area contributed by atoms with Gasteiger partial charge in [0.2, 0.25) is 5.75 Å². The largest absolute Gasteiger partial charge is 0.493 e. The SMILES string of the molecule is COc1cc(C(c2ccc(Cl)cc2)N2CCCCC2C(=O)O)cc(OC)c1OC. The van der Waals surface area contributed by atoms with E-state index in [1.807, 2.05) is 41.3 Å². The van der Waals surface area contributed by atoms with Crippen LogP contribution in [0.4, 0.5) is 0 Å². The molecular formula is C22H26ClNO5. The summed E-state index contributed by atoms with van der Waals surface area (Å²) in [7, 11) is 4.69. The molecular weight excluding hydrogens is 394 g/mol. The van der Waals surface area contributed by atoms with Crippen LogP contribution in [-0.4, -0.2) is 49.9 Å². The summed E-state index contributed by atoms with van der Waals surface area (Å²) in [6.45, 7) is 0.681. The fourth-order valence-electron chi connectivity index (χ4n) is 4.01. The third-order valence-corrected chi connectivity index (χ3v) is 5.60. The number of rotatable bonds is 7. The van der Waals surface area contributed by atoms with E-state index in [1.165, 1.54) is 0 Å². The summed E-state index contributed by atoms with van der Waals surface area (Å²) in [5.74, 6) is 0.757. The maximum absolute atomic E-state index is 12.0. The molecule has 7 heteroatoms. The number of ether oxygens (including phenoxy) is 3. The van der Waals surface area contributed by atoms with Gasteiger partial charge in [0.05, 0.1) is 27.4 Å². The minimum Gasteiger partial charge on any atom is -0.493 e. The van der Waals surface area contributed by atoms with Gasteiger partial charge < -0.3 is 19.3 Å². The zero-order valence-electron chi connectivity index (χ0n) is 16.9. The van der Waals surface area contributed by atoms with Gasteiger partial charge in [-0.05, 0) is 54.8 Å². The van der Waals surface area contributed by atoms with Crippen LogP contribution in [0.15, 0.2) is 36.4 Å². The Morgan fingerprint density at radius 2 is 1.66 bits per heavy atom. The molecule has 6 nitrogen and oxygen atoms in total. The Hall–Kier alpha value is -2.44. The van der Waals surface area contributed by atoms with Crippen LogP contribution >= 0.6 is 11.6 Å². The number of methoxy groups -OCH3 is 3. The molecule has 1 saturated heterocycles. The van der Waals surface area contributed by atoms with Crippen LogP contribution in [0.2, 0.25) is 5.02 Å². The zero-order valence-corrected chi connectivity index (χ0v) is 17.6. The van der Waals surface area contributed by atoms with Crippen LogP contribution in [-0.2, 0) is 4.79 Å². The number of nitrogens with zero attached hydrogens (tertiary/aromatic N) is 1. The highest BCUT2D eigenvalue weighted by Crippen LogP contribution is 2.43. The highest BCUT2D eigenvalue weighted by atomic mass is 35.5. The predicted molar refractivity (Wildman–Crippen MR) is 111 cm³/mol. The Morgan fingerprint density at radius 3 is 2.17 bits per heavy atom. The zero-order chi connectivity index (χ0) is 21.0. The Kier molecular flexibility index (Phi) is 6.87. The lowest BCUT2D eigenvalue weighted by molar-refractivity contribution is -0.145. The van der Waals surface area contributed by atoms with Crippen molar-refractivity contribution >= 4 is 17.6 Å². The number of carboxylic acids is 1. The van der Waals surface area contributed by atoms with E-state index in [2.05, 4.69) is 0 Å². The van der Waals surface area contributed by atoms with Crippen molar-refractivity contribution in [1.82, 2.24) is 4.90 Å². The van der Waals surface area contributed by atoms with Gasteiger partial charge in [-0.1, -0.05) is 30.2 Å². The fourth-order valence-corrected chi connectivity index (χ4v) is 4.13. The van der Waals surface area contributed by atoms with Crippen molar-refractivity contribution in [2.45, 2.75) is 31.3 Å². The number of piperidine rings is 1. The first-order valence-corrected chi connectivity index (χ1v) is 9.91. The summed E-state index contributed by atoms with van der Waals surface area (Å²) in [5.41, 5.74) is 1.83. The number of likely N-dealkylation sites (tertiary alicyclic amines) is 1. The van der Waals surface area contributed by atoms with Gasteiger partial charge in [-0.3, -0.25) is 9.69 Å². The molecule has 2 unspecified atom stereocenters. The van der Waals surface area contributed by atoms with Crippen LogP contribution in [0.1, 0.15) is 36.4 Å². The molecule has 2 atom stereocenters. The van der Waals surface area contributed by atoms with Gasteiger partial charge in [-0.15, -0.1) is 0 Å². The third-order valence-electron chi connectivity index (χ3n) is 5.35. The quantitative estimate of drug-likeness (QED) is 0.717. The molecule has 0 aliphatic carbocycles. The van der Waals surface area contributed by atoms with E-state index in [4.69, 9.17) is 25.8 Å². The number of carboxylic acid groups (broad SMARTS) is 1. The summed E-state index contributed by atoms with van der Waals surface area (Å²) in [6.07, 6.45) is 2.46. The second kappa shape index (κ2) is 9.37. The van der Waals surface area contributed by atoms with Crippen LogP contribution in [0.25, 0.3) is 0 Å². The van der Waals surface area contributed by atoms with Gasteiger partial charge in [0.25, 0.3) is 0 Å². The first kappa shape index (κ1) is 21.3. The second-order valence-electron chi connectivity index (χ2n) is 7.00. The Balaban J connectivity index is 2.17. The van der Waals surface area contributed by atoms with Crippen LogP contribution in [0.5, 0.6) is 17.2 Å². The monoisotopic (exact) mass is 419 g/mol. The molecule has 1 aliphatic rings. The number of halogens is 1. The van der Waals surface area contributed by atoms with E-state index in [9.17, 15) is 9.90 Å². The van der Waals surface area contributed by atoms with Crippen molar-refractivity contribution < 1.29 is 24.1 Å². The van der Waals surface area contributed by atoms with Crippen molar-refractivity contribution in [2.24, 2.45) is 0 Å². The van der Waals surface area contributed by atoms with Crippen molar-refractivity contribution in [3.8, 4) is 17.2 Å². The number of carbonyl (C=O) groups is 1. The smallest absolute Gasteiger partial charge is 0.320 e. The molecule has 156 valence electrons. The summed E-state index contributed by atoms with van der Waals surface area (Å²) in [6, 6.07) is 10.4. The number of hydrogen-bond acceptors (Lipinski definition) is 5. The van der Waals surface area contributed by atoms with E-state index in [0.29, 0.717) is 35.2 Å². The van der Waals surface area contributed by atoms with Gasteiger partial charge >= 0.3 is 5.97 Å².